The number of benzene rings is 2. The predicted octanol–water partition coefficient (Wildman–Crippen LogP) is 5.73. The molecular formula is C24H24ClFN2O5S. The summed E-state index contributed by atoms with van der Waals surface area (Å²) in [6, 6.07) is 8.33. The van der Waals surface area contributed by atoms with E-state index in [4.69, 9.17) is 21.1 Å². The molecule has 1 aliphatic heterocycles. The van der Waals surface area contributed by atoms with Gasteiger partial charge in [0.25, 0.3) is 17.1 Å². The van der Waals surface area contributed by atoms with Gasteiger partial charge >= 0.3 is 0 Å². The van der Waals surface area contributed by atoms with E-state index in [-0.39, 0.29) is 45.2 Å². The third kappa shape index (κ3) is 6.09. The van der Waals surface area contributed by atoms with E-state index in [2.05, 4.69) is 5.32 Å². The molecule has 0 unspecified atom stereocenters. The average molecular weight is 507 g/mol. The first-order valence-corrected chi connectivity index (χ1v) is 11.8. The van der Waals surface area contributed by atoms with Crippen LogP contribution >= 0.6 is 23.4 Å². The second-order valence-electron chi connectivity index (χ2n) is 7.42. The van der Waals surface area contributed by atoms with Crippen LogP contribution in [0.3, 0.4) is 0 Å². The summed E-state index contributed by atoms with van der Waals surface area (Å²) >= 11 is 7.28. The van der Waals surface area contributed by atoms with Crippen molar-refractivity contribution < 1.29 is 28.2 Å². The molecule has 1 heterocycles. The van der Waals surface area contributed by atoms with Crippen LogP contribution in [-0.2, 0) is 9.59 Å². The predicted molar refractivity (Wildman–Crippen MR) is 131 cm³/mol. The van der Waals surface area contributed by atoms with E-state index < -0.39 is 11.7 Å². The van der Waals surface area contributed by atoms with Crippen molar-refractivity contribution in [2.75, 3.05) is 18.5 Å². The van der Waals surface area contributed by atoms with E-state index in [0.29, 0.717) is 24.3 Å². The molecule has 7 nitrogen and oxygen atoms in total. The van der Waals surface area contributed by atoms with Crippen LogP contribution in [0, 0.1) is 5.82 Å². The Labute approximate surface area is 206 Å². The maximum absolute atomic E-state index is 13.0. The Hall–Kier alpha value is -3.04. The number of hydrogen-bond donors (Lipinski definition) is 1. The van der Waals surface area contributed by atoms with Crippen molar-refractivity contribution in [3.63, 3.8) is 0 Å². The number of ether oxygens (including phenoxy) is 2. The molecule has 34 heavy (non-hydrogen) atoms. The maximum Gasteiger partial charge on any atom is 0.293 e. The van der Waals surface area contributed by atoms with E-state index in [0.717, 1.165) is 11.8 Å². The van der Waals surface area contributed by atoms with Gasteiger partial charge in [0.2, 0.25) is 0 Å². The number of amides is 3. The van der Waals surface area contributed by atoms with Gasteiger partial charge in [-0.1, -0.05) is 18.5 Å². The minimum atomic E-state index is -0.465. The highest BCUT2D eigenvalue weighted by atomic mass is 35.5. The molecule has 2 aromatic carbocycles. The van der Waals surface area contributed by atoms with Crippen LogP contribution < -0.4 is 14.8 Å². The summed E-state index contributed by atoms with van der Waals surface area (Å²) in [6.07, 6.45) is 2.24. The lowest BCUT2D eigenvalue weighted by molar-refractivity contribution is -0.124. The number of carbonyl (C=O) groups is 3. The zero-order chi connectivity index (χ0) is 24.8. The number of rotatable bonds is 9. The van der Waals surface area contributed by atoms with Gasteiger partial charge in [0.05, 0.1) is 16.5 Å². The lowest BCUT2D eigenvalue weighted by Crippen LogP contribution is -2.36. The minimum absolute atomic E-state index is 0.169. The SMILES string of the molecule is CCOc1cc(/C=C2/SC(=O)N([C@@H](C)CC)C2=O)cc(Cl)c1OCC(=O)Nc1ccc(F)cc1. The van der Waals surface area contributed by atoms with E-state index >= 15 is 0 Å². The standard InChI is InChI=1S/C24H24ClFN2O5S/c1-4-14(3)28-23(30)20(34-24(28)31)12-15-10-18(25)22(19(11-15)32-5-2)33-13-21(29)27-17-8-6-16(26)7-9-17/h6-12,14H,4-5,13H2,1-3H3,(H,27,29)/b20-12+/t14-/m0/s1. The first-order chi connectivity index (χ1) is 16.2. The highest BCUT2D eigenvalue weighted by Gasteiger charge is 2.37. The summed E-state index contributed by atoms with van der Waals surface area (Å²) in [5, 5.41) is 2.46. The molecule has 0 aromatic heterocycles. The van der Waals surface area contributed by atoms with Crippen LogP contribution in [0.5, 0.6) is 11.5 Å². The van der Waals surface area contributed by atoms with E-state index in [1.54, 1.807) is 25.1 Å². The lowest BCUT2D eigenvalue weighted by atomic mass is 10.1. The zero-order valence-corrected chi connectivity index (χ0v) is 20.5. The number of nitrogens with one attached hydrogen (secondary N) is 1. The van der Waals surface area contributed by atoms with Crippen molar-refractivity contribution >= 4 is 52.2 Å². The third-order valence-electron chi connectivity index (χ3n) is 4.96. The van der Waals surface area contributed by atoms with Gasteiger partial charge in [-0.2, -0.15) is 0 Å². The highest BCUT2D eigenvalue weighted by Crippen LogP contribution is 2.39. The van der Waals surface area contributed by atoms with Crippen LogP contribution in [0.1, 0.15) is 32.8 Å². The Bertz CT molecular complexity index is 1120. The molecule has 1 aliphatic rings. The van der Waals surface area contributed by atoms with Crippen molar-refractivity contribution in [2.24, 2.45) is 0 Å². The summed E-state index contributed by atoms with van der Waals surface area (Å²) in [4.78, 5) is 38.7. The number of anilines is 1. The molecule has 10 heteroatoms. The van der Waals surface area contributed by atoms with Crippen LogP contribution in [0.15, 0.2) is 41.3 Å². The van der Waals surface area contributed by atoms with Gasteiger partial charge in [-0.15, -0.1) is 0 Å². The van der Waals surface area contributed by atoms with Gasteiger partial charge in [0, 0.05) is 11.7 Å². The summed E-state index contributed by atoms with van der Waals surface area (Å²) in [5.41, 5.74) is 0.971. The molecule has 0 spiro atoms. The van der Waals surface area contributed by atoms with Crippen molar-refractivity contribution in [3.8, 4) is 11.5 Å². The molecule has 1 fully saturated rings. The molecule has 0 radical (unpaired) electrons. The zero-order valence-electron chi connectivity index (χ0n) is 18.9. The van der Waals surface area contributed by atoms with E-state index in [9.17, 15) is 18.8 Å². The number of nitrogens with zero attached hydrogens (tertiary/aromatic N) is 1. The molecule has 180 valence electrons. The van der Waals surface area contributed by atoms with Gasteiger partial charge in [-0.05, 0) is 80.1 Å². The normalized spacial score (nSPS) is 15.6. The monoisotopic (exact) mass is 506 g/mol. The smallest absolute Gasteiger partial charge is 0.293 e. The summed E-state index contributed by atoms with van der Waals surface area (Å²) in [7, 11) is 0. The molecule has 0 aliphatic carbocycles. The Balaban J connectivity index is 1.77. The first kappa shape index (κ1) is 25.6. The van der Waals surface area contributed by atoms with Crippen LogP contribution in [0.2, 0.25) is 5.02 Å². The van der Waals surface area contributed by atoms with E-state index in [1.807, 2.05) is 13.8 Å². The van der Waals surface area contributed by atoms with Crippen LogP contribution in [-0.4, -0.2) is 41.2 Å². The molecule has 1 N–H and O–H groups in total. The quantitative estimate of drug-likeness (QED) is 0.437. The second-order valence-corrected chi connectivity index (χ2v) is 8.82. The van der Waals surface area contributed by atoms with Crippen molar-refractivity contribution in [2.45, 2.75) is 33.2 Å². The van der Waals surface area contributed by atoms with Crippen molar-refractivity contribution in [3.05, 3.63) is 57.7 Å². The summed E-state index contributed by atoms with van der Waals surface area (Å²) < 4.78 is 24.3. The Morgan fingerprint density at radius 2 is 1.91 bits per heavy atom. The fourth-order valence-corrected chi connectivity index (χ4v) is 4.34. The molecule has 2 aromatic rings. The lowest BCUT2D eigenvalue weighted by Gasteiger charge is -2.19. The highest BCUT2D eigenvalue weighted by molar-refractivity contribution is 8.18. The largest absolute Gasteiger partial charge is 0.490 e. The van der Waals surface area contributed by atoms with Gasteiger partial charge in [-0.25, -0.2) is 4.39 Å². The van der Waals surface area contributed by atoms with Crippen LogP contribution in [0.4, 0.5) is 14.9 Å². The number of hydrogen-bond acceptors (Lipinski definition) is 6. The molecule has 1 saturated heterocycles. The molecule has 3 amide bonds. The van der Waals surface area contributed by atoms with Crippen molar-refractivity contribution in [1.82, 2.24) is 4.90 Å². The average Bonchev–Trinajstić information content (AvgIpc) is 3.07. The molecule has 3 rings (SSSR count). The Kier molecular flexibility index (Phi) is 8.57. The van der Waals surface area contributed by atoms with E-state index in [1.165, 1.54) is 29.2 Å². The van der Waals surface area contributed by atoms with Crippen LogP contribution in [0.25, 0.3) is 6.08 Å². The minimum Gasteiger partial charge on any atom is -0.490 e. The molecule has 0 saturated carbocycles. The number of halogens is 2. The van der Waals surface area contributed by atoms with Gasteiger partial charge in [0.1, 0.15) is 5.82 Å². The number of imide groups is 1. The molecular weight excluding hydrogens is 483 g/mol. The Morgan fingerprint density at radius 3 is 2.56 bits per heavy atom. The molecule has 1 atom stereocenters. The Morgan fingerprint density at radius 1 is 1.21 bits per heavy atom. The fourth-order valence-electron chi connectivity index (χ4n) is 3.14. The maximum atomic E-state index is 13.0. The second kappa shape index (κ2) is 11.4. The van der Waals surface area contributed by atoms with Crippen molar-refractivity contribution in [1.29, 1.82) is 0 Å². The number of thioether (sulfide) groups is 1. The van der Waals surface area contributed by atoms with Gasteiger partial charge < -0.3 is 14.8 Å². The first-order valence-electron chi connectivity index (χ1n) is 10.6. The number of carbonyl (C=O) groups excluding carboxylic acids is 3. The summed E-state index contributed by atoms with van der Waals surface area (Å²) in [5.74, 6) is -0.768. The fraction of sp³-hybridized carbons (Fsp3) is 0.292. The van der Waals surface area contributed by atoms with Gasteiger partial charge in [0.15, 0.2) is 18.1 Å². The topological polar surface area (TPSA) is 84.9 Å². The third-order valence-corrected chi connectivity index (χ3v) is 6.12. The molecule has 0 bridgehead atoms. The van der Waals surface area contributed by atoms with Gasteiger partial charge in [-0.3, -0.25) is 19.3 Å². The summed E-state index contributed by atoms with van der Waals surface area (Å²) in [6.45, 7) is 5.46.